The van der Waals surface area contributed by atoms with E-state index in [1.165, 1.54) is 42.2 Å². The molecule has 0 saturated carbocycles. The molecule has 1 aromatic heterocycles. The largest absolute Gasteiger partial charge is 0.348 e. The van der Waals surface area contributed by atoms with Crippen LogP contribution in [-0.4, -0.2) is 34.6 Å². The second-order valence-corrected chi connectivity index (χ2v) is 7.62. The fourth-order valence-electron chi connectivity index (χ4n) is 3.49. The van der Waals surface area contributed by atoms with E-state index in [9.17, 15) is 4.79 Å². The number of hydrogen-bond donors (Lipinski definition) is 1. The number of rotatable bonds is 6. The SMILES string of the molecule is CSc1ncccc1C(=O)NCc1ccccc1CN1CCCCC1C. The maximum atomic E-state index is 12.6. The number of amides is 1. The Bertz CT molecular complexity index is 750. The van der Waals surface area contributed by atoms with Gasteiger partial charge in [-0.2, -0.15) is 0 Å². The van der Waals surface area contributed by atoms with Crippen molar-refractivity contribution in [3.8, 4) is 0 Å². The molecular weight excluding hydrogens is 342 g/mol. The van der Waals surface area contributed by atoms with Gasteiger partial charge in [0.15, 0.2) is 0 Å². The molecule has 2 aromatic rings. The number of aromatic nitrogens is 1. The van der Waals surface area contributed by atoms with Gasteiger partial charge in [0, 0.05) is 25.3 Å². The number of thioether (sulfide) groups is 1. The van der Waals surface area contributed by atoms with Crippen molar-refractivity contribution in [3.05, 3.63) is 59.3 Å². The average Bonchev–Trinajstić information content (AvgIpc) is 2.68. The third-order valence-corrected chi connectivity index (χ3v) is 5.79. The quantitative estimate of drug-likeness (QED) is 0.779. The van der Waals surface area contributed by atoms with Gasteiger partial charge in [-0.1, -0.05) is 30.7 Å². The maximum Gasteiger partial charge on any atom is 0.254 e. The van der Waals surface area contributed by atoms with Crippen molar-refractivity contribution < 1.29 is 4.79 Å². The molecule has 1 amide bonds. The van der Waals surface area contributed by atoms with Crippen LogP contribution in [-0.2, 0) is 13.1 Å². The highest BCUT2D eigenvalue weighted by molar-refractivity contribution is 7.98. The first-order valence-corrected chi connectivity index (χ1v) is 10.5. The zero-order valence-corrected chi connectivity index (χ0v) is 16.4. The minimum atomic E-state index is -0.0661. The first-order chi connectivity index (χ1) is 12.7. The number of pyridine rings is 1. The van der Waals surface area contributed by atoms with Crippen molar-refractivity contribution >= 4 is 17.7 Å². The summed E-state index contributed by atoms with van der Waals surface area (Å²) in [5, 5.41) is 3.83. The van der Waals surface area contributed by atoms with Gasteiger partial charge in [0.2, 0.25) is 0 Å². The Balaban J connectivity index is 1.67. The van der Waals surface area contributed by atoms with Crippen molar-refractivity contribution in [1.82, 2.24) is 15.2 Å². The van der Waals surface area contributed by atoms with Crippen LogP contribution in [0, 0.1) is 0 Å². The van der Waals surface area contributed by atoms with Crippen LogP contribution in [0.1, 0.15) is 47.7 Å². The van der Waals surface area contributed by atoms with E-state index in [0.717, 1.165) is 18.1 Å². The molecule has 138 valence electrons. The third-order valence-electron chi connectivity index (χ3n) is 5.08. The number of piperidine rings is 1. The van der Waals surface area contributed by atoms with Crippen LogP contribution in [0.2, 0.25) is 0 Å². The first kappa shape index (κ1) is 18.9. The molecule has 0 spiro atoms. The lowest BCUT2D eigenvalue weighted by Gasteiger charge is -2.33. The highest BCUT2D eigenvalue weighted by Gasteiger charge is 2.19. The maximum absolute atomic E-state index is 12.6. The van der Waals surface area contributed by atoms with Gasteiger partial charge in [-0.05, 0) is 55.8 Å². The van der Waals surface area contributed by atoms with Crippen LogP contribution in [0.25, 0.3) is 0 Å². The van der Waals surface area contributed by atoms with Crippen LogP contribution in [0.4, 0.5) is 0 Å². The number of hydrogen-bond acceptors (Lipinski definition) is 4. The molecule has 26 heavy (non-hydrogen) atoms. The Morgan fingerprint density at radius 1 is 1.23 bits per heavy atom. The van der Waals surface area contributed by atoms with Gasteiger partial charge in [0.1, 0.15) is 5.03 Å². The Hall–Kier alpha value is -1.85. The number of nitrogens with zero attached hydrogens (tertiary/aromatic N) is 2. The highest BCUT2D eigenvalue weighted by Crippen LogP contribution is 2.21. The van der Waals surface area contributed by atoms with E-state index in [-0.39, 0.29) is 5.91 Å². The molecule has 1 atom stereocenters. The van der Waals surface area contributed by atoms with Crippen LogP contribution < -0.4 is 5.32 Å². The summed E-state index contributed by atoms with van der Waals surface area (Å²) < 4.78 is 0. The highest BCUT2D eigenvalue weighted by atomic mass is 32.2. The summed E-state index contributed by atoms with van der Waals surface area (Å²) in [6.45, 7) is 4.97. The topological polar surface area (TPSA) is 45.2 Å². The van der Waals surface area contributed by atoms with E-state index in [4.69, 9.17) is 0 Å². The Morgan fingerprint density at radius 3 is 2.81 bits per heavy atom. The van der Waals surface area contributed by atoms with Crippen molar-refractivity contribution in [2.75, 3.05) is 12.8 Å². The van der Waals surface area contributed by atoms with Crippen molar-refractivity contribution in [2.45, 2.75) is 50.3 Å². The fourth-order valence-corrected chi connectivity index (χ4v) is 4.04. The van der Waals surface area contributed by atoms with Crippen LogP contribution in [0.15, 0.2) is 47.6 Å². The van der Waals surface area contributed by atoms with E-state index in [2.05, 4.69) is 40.3 Å². The van der Waals surface area contributed by atoms with Crippen molar-refractivity contribution in [1.29, 1.82) is 0 Å². The molecule has 5 heteroatoms. The van der Waals surface area contributed by atoms with E-state index >= 15 is 0 Å². The van der Waals surface area contributed by atoms with Gasteiger partial charge in [-0.25, -0.2) is 4.98 Å². The monoisotopic (exact) mass is 369 g/mol. The van der Waals surface area contributed by atoms with E-state index in [0.29, 0.717) is 18.2 Å². The summed E-state index contributed by atoms with van der Waals surface area (Å²) in [4.78, 5) is 19.4. The molecule has 2 heterocycles. The third kappa shape index (κ3) is 4.65. The minimum Gasteiger partial charge on any atom is -0.348 e. The zero-order chi connectivity index (χ0) is 18.4. The molecular formula is C21H27N3OS. The zero-order valence-electron chi connectivity index (χ0n) is 15.6. The summed E-state index contributed by atoms with van der Waals surface area (Å²) in [7, 11) is 0. The van der Waals surface area contributed by atoms with Gasteiger partial charge >= 0.3 is 0 Å². The molecule has 0 radical (unpaired) electrons. The van der Waals surface area contributed by atoms with Crippen LogP contribution in [0.3, 0.4) is 0 Å². The molecule has 0 aliphatic carbocycles. The summed E-state index contributed by atoms with van der Waals surface area (Å²) in [5.74, 6) is -0.0661. The number of benzene rings is 1. The molecule has 1 unspecified atom stereocenters. The molecule has 1 fully saturated rings. The lowest BCUT2D eigenvalue weighted by atomic mass is 10.0. The van der Waals surface area contributed by atoms with E-state index in [1.54, 1.807) is 12.3 Å². The Labute approximate surface area is 160 Å². The lowest BCUT2D eigenvalue weighted by Crippen LogP contribution is -2.37. The van der Waals surface area contributed by atoms with Gasteiger partial charge < -0.3 is 5.32 Å². The number of likely N-dealkylation sites (tertiary alicyclic amines) is 1. The first-order valence-electron chi connectivity index (χ1n) is 9.27. The second-order valence-electron chi connectivity index (χ2n) is 6.83. The molecule has 1 N–H and O–H groups in total. The average molecular weight is 370 g/mol. The van der Waals surface area contributed by atoms with Gasteiger partial charge in [0.25, 0.3) is 5.91 Å². The fraction of sp³-hybridized carbons (Fsp3) is 0.429. The predicted molar refractivity (Wildman–Crippen MR) is 107 cm³/mol. The lowest BCUT2D eigenvalue weighted by molar-refractivity contribution is 0.0947. The van der Waals surface area contributed by atoms with Crippen molar-refractivity contribution in [3.63, 3.8) is 0 Å². The molecule has 0 bridgehead atoms. The van der Waals surface area contributed by atoms with Crippen molar-refractivity contribution in [2.24, 2.45) is 0 Å². The van der Waals surface area contributed by atoms with Gasteiger partial charge in [-0.3, -0.25) is 9.69 Å². The van der Waals surface area contributed by atoms with Crippen LogP contribution >= 0.6 is 11.8 Å². The molecule has 1 aliphatic rings. The molecule has 1 aliphatic heterocycles. The molecule has 1 aromatic carbocycles. The normalized spacial score (nSPS) is 17.8. The standard InChI is InChI=1S/C21H27N3OS/c1-16-8-5-6-13-24(16)15-18-10-4-3-9-17(18)14-23-20(25)19-11-7-12-22-21(19)26-2/h3-4,7,9-12,16H,5-6,8,13-15H2,1-2H3,(H,23,25). The summed E-state index contributed by atoms with van der Waals surface area (Å²) in [6.07, 6.45) is 7.54. The number of carbonyl (C=O) groups is 1. The Morgan fingerprint density at radius 2 is 2.04 bits per heavy atom. The molecule has 4 nitrogen and oxygen atoms in total. The van der Waals surface area contributed by atoms with Gasteiger partial charge in [-0.15, -0.1) is 11.8 Å². The summed E-state index contributed by atoms with van der Waals surface area (Å²) in [5.41, 5.74) is 3.13. The Kier molecular flexibility index (Phi) is 6.69. The van der Waals surface area contributed by atoms with Crippen LogP contribution in [0.5, 0.6) is 0 Å². The molecule has 3 rings (SSSR count). The number of carbonyl (C=O) groups excluding carboxylic acids is 1. The van der Waals surface area contributed by atoms with E-state index < -0.39 is 0 Å². The predicted octanol–water partition coefficient (Wildman–Crippen LogP) is 4.11. The molecule has 1 saturated heterocycles. The summed E-state index contributed by atoms with van der Waals surface area (Å²) in [6, 6.07) is 12.7. The van der Waals surface area contributed by atoms with E-state index in [1.807, 2.05) is 18.4 Å². The number of nitrogens with one attached hydrogen (secondary N) is 1. The minimum absolute atomic E-state index is 0.0661. The smallest absolute Gasteiger partial charge is 0.254 e. The van der Waals surface area contributed by atoms with Gasteiger partial charge in [0.05, 0.1) is 5.56 Å². The second kappa shape index (κ2) is 9.19. The summed E-state index contributed by atoms with van der Waals surface area (Å²) >= 11 is 1.49.